The van der Waals surface area contributed by atoms with E-state index in [9.17, 15) is 9.59 Å². The van der Waals surface area contributed by atoms with Gasteiger partial charge < -0.3 is 9.72 Å². The van der Waals surface area contributed by atoms with E-state index in [0.717, 1.165) is 15.7 Å². The van der Waals surface area contributed by atoms with Crippen molar-refractivity contribution in [2.24, 2.45) is 0 Å². The average Bonchev–Trinajstić information content (AvgIpc) is 3.12. The van der Waals surface area contributed by atoms with Gasteiger partial charge in [-0.2, -0.15) is 9.94 Å². The van der Waals surface area contributed by atoms with E-state index in [4.69, 9.17) is 33.2 Å². The molecular formula is C17H8Cl2N6O3. The number of aromatic nitrogens is 5. The van der Waals surface area contributed by atoms with Crippen molar-refractivity contribution < 1.29 is 4.74 Å². The van der Waals surface area contributed by atoms with Crippen LogP contribution in [0.15, 0.2) is 46.2 Å². The molecule has 0 saturated carbocycles. The SMILES string of the molecule is N#Cc1nn(-c2cc(Cl)c(Oc3ccc4nc[nH]c4c3)c(Cl)c2)c(=O)[nH]c1=O. The molecule has 0 fully saturated rings. The zero-order valence-corrected chi connectivity index (χ0v) is 15.2. The lowest BCUT2D eigenvalue weighted by Gasteiger charge is -2.12. The third-order valence-electron chi connectivity index (χ3n) is 3.77. The summed E-state index contributed by atoms with van der Waals surface area (Å²) in [6.07, 6.45) is 1.56. The molecule has 0 saturated heterocycles. The molecule has 0 aliphatic heterocycles. The quantitative estimate of drug-likeness (QED) is 0.529. The van der Waals surface area contributed by atoms with Crippen LogP contribution < -0.4 is 16.0 Å². The molecule has 0 spiro atoms. The molecule has 2 aromatic heterocycles. The van der Waals surface area contributed by atoms with E-state index < -0.39 is 16.9 Å². The van der Waals surface area contributed by atoms with Crippen molar-refractivity contribution in [3.63, 3.8) is 0 Å². The van der Waals surface area contributed by atoms with Crippen molar-refractivity contribution in [3.8, 4) is 23.3 Å². The zero-order valence-electron chi connectivity index (χ0n) is 13.7. The molecule has 9 nitrogen and oxygen atoms in total. The lowest BCUT2D eigenvalue weighted by Crippen LogP contribution is -2.33. The summed E-state index contributed by atoms with van der Waals surface area (Å²) in [5, 5.41) is 12.9. The zero-order chi connectivity index (χ0) is 19.8. The smallest absolute Gasteiger partial charge is 0.349 e. The van der Waals surface area contributed by atoms with Crippen molar-refractivity contribution in [3.05, 3.63) is 73.2 Å². The fraction of sp³-hybridized carbons (Fsp3) is 0. The number of ether oxygens (including phenoxy) is 1. The molecule has 4 aromatic rings. The second kappa shape index (κ2) is 6.84. The van der Waals surface area contributed by atoms with Gasteiger partial charge in [0.2, 0.25) is 5.69 Å². The first kappa shape index (κ1) is 17.8. The number of aromatic amines is 2. The highest BCUT2D eigenvalue weighted by Gasteiger charge is 2.15. The molecular weight excluding hydrogens is 407 g/mol. The van der Waals surface area contributed by atoms with Gasteiger partial charge in [0.15, 0.2) is 5.75 Å². The monoisotopic (exact) mass is 414 g/mol. The van der Waals surface area contributed by atoms with Crippen LogP contribution in [0.4, 0.5) is 0 Å². The van der Waals surface area contributed by atoms with E-state index in [1.54, 1.807) is 30.6 Å². The number of H-pyrrole nitrogens is 2. The molecule has 2 heterocycles. The summed E-state index contributed by atoms with van der Waals surface area (Å²) in [6, 6.07) is 9.57. The van der Waals surface area contributed by atoms with Gasteiger partial charge in [0, 0.05) is 6.07 Å². The highest BCUT2D eigenvalue weighted by atomic mass is 35.5. The Morgan fingerprint density at radius 2 is 1.89 bits per heavy atom. The van der Waals surface area contributed by atoms with Crippen molar-refractivity contribution in [1.82, 2.24) is 24.7 Å². The van der Waals surface area contributed by atoms with E-state index in [1.165, 1.54) is 12.1 Å². The number of nitriles is 1. The number of imidazole rings is 1. The molecule has 2 aromatic carbocycles. The van der Waals surface area contributed by atoms with Crippen LogP contribution in [0.5, 0.6) is 11.5 Å². The van der Waals surface area contributed by atoms with Crippen molar-refractivity contribution in [1.29, 1.82) is 5.26 Å². The maximum Gasteiger partial charge on any atom is 0.349 e. The minimum atomic E-state index is -0.880. The summed E-state index contributed by atoms with van der Waals surface area (Å²) in [4.78, 5) is 32.6. The van der Waals surface area contributed by atoms with Gasteiger partial charge >= 0.3 is 5.69 Å². The van der Waals surface area contributed by atoms with Crippen LogP contribution in [0, 0.1) is 11.3 Å². The molecule has 0 aliphatic carbocycles. The standard InChI is InChI=1S/C17H8Cl2N6O3/c18-10-3-8(25-17(27)23-16(26)14(6-20)24-25)4-11(19)15(10)28-9-1-2-12-13(5-9)22-7-21-12/h1-5,7H,(H,21,22)(H,23,26,27). The van der Waals surface area contributed by atoms with Crippen LogP contribution in [-0.4, -0.2) is 24.7 Å². The average molecular weight is 415 g/mol. The van der Waals surface area contributed by atoms with Gasteiger partial charge in [0.25, 0.3) is 5.56 Å². The summed E-state index contributed by atoms with van der Waals surface area (Å²) in [5.74, 6) is 0.642. The highest BCUT2D eigenvalue weighted by Crippen LogP contribution is 2.38. The van der Waals surface area contributed by atoms with Crippen LogP contribution in [-0.2, 0) is 0 Å². The molecule has 138 valence electrons. The van der Waals surface area contributed by atoms with Crippen LogP contribution in [0.3, 0.4) is 0 Å². The second-order valence-corrected chi connectivity index (χ2v) is 6.37. The lowest BCUT2D eigenvalue weighted by molar-refractivity contribution is 0.483. The Morgan fingerprint density at radius 3 is 2.61 bits per heavy atom. The number of fused-ring (bicyclic) bond motifs is 1. The predicted molar refractivity (Wildman–Crippen MR) is 101 cm³/mol. The Kier molecular flexibility index (Phi) is 4.35. The number of hydrogen-bond acceptors (Lipinski definition) is 6. The van der Waals surface area contributed by atoms with Crippen LogP contribution in [0.25, 0.3) is 16.7 Å². The fourth-order valence-corrected chi connectivity index (χ4v) is 3.06. The summed E-state index contributed by atoms with van der Waals surface area (Å²) in [7, 11) is 0. The maximum absolute atomic E-state index is 12.0. The molecule has 11 heteroatoms. The second-order valence-electron chi connectivity index (χ2n) is 5.55. The van der Waals surface area contributed by atoms with E-state index in [1.807, 2.05) is 4.98 Å². The third kappa shape index (κ3) is 3.11. The first-order valence-corrected chi connectivity index (χ1v) is 8.46. The van der Waals surface area contributed by atoms with Gasteiger partial charge in [-0.15, -0.1) is 5.10 Å². The first-order valence-electron chi connectivity index (χ1n) is 7.70. The topological polar surface area (TPSA) is 129 Å². The number of rotatable bonds is 3. The van der Waals surface area contributed by atoms with E-state index >= 15 is 0 Å². The minimum Gasteiger partial charge on any atom is -0.454 e. The molecule has 0 bridgehead atoms. The van der Waals surface area contributed by atoms with Crippen LogP contribution in [0.1, 0.15) is 5.69 Å². The molecule has 2 N–H and O–H groups in total. The Bertz CT molecular complexity index is 1360. The summed E-state index contributed by atoms with van der Waals surface area (Å²) < 4.78 is 6.59. The van der Waals surface area contributed by atoms with Crippen molar-refractivity contribution >= 4 is 34.2 Å². The fourth-order valence-electron chi connectivity index (χ4n) is 2.51. The molecule has 28 heavy (non-hydrogen) atoms. The summed E-state index contributed by atoms with van der Waals surface area (Å²) in [5.41, 5.74) is -0.486. The van der Waals surface area contributed by atoms with Crippen molar-refractivity contribution in [2.75, 3.05) is 0 Å². The molecule has 0 amide bonds. The molecule has 0 atom stereocenters. The highest BCUT2D eigenvalue weighted by molar-refractivity contribution is 6.37. The Morgan fingerprint density at radius 1 is 1.14 bits per heavy atom. The molecule has 0 unspecified atom stereocenters. The summed E-state index contributed by atoms with van der Waals surface area (Å²) in [6.45, 7) is 0. The first-order chi connectivity index (χ1) is 13.5. The lowest BCUT2D eigenvalue weighted by atomic mass is 10.2. The summed E-state index contributed by atoms with van der Waals surface area (Å²) >= 11 is 12.6. The van der Waals surface area contributed by atoms with E-state index in [0.29, 0.717) is 5.75 Å². The van der Waals surface area contributed by atoms with Gasteiger partial charge in [0.1, 0.15) is 11.8 Å². The van der Waals surface area contributed by atoms with Crippen LogP contribution >= 0.6 is 23.2 Å². The Balaban J connectivity index is 1.76. The molecule has 0 radical (unpaired) electrons. The Hall–Kier alpha value is -3.61. The van der Waals surface area contributed by atoms with E-state index in [-0.39, 0.29) is 21.5 Å². The Labute approximate surface area is 165 Å². The number of nitrogens with one attached hydrogen (secondary N) is 2. The number of halogens is 2. The number of benzene rings is 2. The van der Waals surface area contributed by atoms with Gasteiger partial charge in [-0.3, -0.25) is 9.78 Å². The number of nitrogens with zero attached hydrogens (tertiary/aromatic N) is 4. The molecule has 0 aliphatic rings. The molecule has 4 rings (SSSR count). The largest absolute Gasteiger partial charge is 0.454 e. The third-order valence-corrected chi connectivity index (χ3v) is 4.33. The minimum absolute atomic E-state index is 0.102. The van der Waals surface area contributed by atoms with Gasteiger partial charge in [0.05, 0.1) is 33.1 Å². The normalized spacial score (nSPS) is 10.8. The predicted octanol–water partition coefficient (Wildman–Crippen LogP) is 2.77. The van der Waals surface area contributed by atoms with Gasteiger partial charge in [-0.25, -0.2) is 9.78 Å². The van der Waals surface area contributed by atoms with Gasteiger partial charge in [-0.1, -0.05) is 23.2 Å². The maximum atomic E-state index is 12.0. The van der Waals surface area contributed by atoms with Crippen molar-refractivity contribution in [2.45, 2.75) is 0 Å². The number of hydrogen-bond donors (Lipinski definition) is 2. The van der Waals surface area contributed by atoms with E-state index in [2.05, 4.69) is 15.1 Å². The van der Waals surface area contributed by atoms with Crippen LogP contribution in [0.2, 0.25) is 10.0 Å². The van der Waals surface area contributed by atoms with Gasteiger partial charge in [-0.05, 0) is 24.3 Å².